The van der Waals surface area contributed by atoms with E-state index in [-0.39, 0.29) is 50.5 Å². The number of ether oxygens (including phenoxy) is 3. The van der Waals surface area contributed by atoms with Crippen LogP contribution < -0.4 is 10.1 Å². The number of nitrogens with one attached hydrogen (secondary N) is 1. The second-order valence-electron chi connectivity index (χ2n) is 11.0. The third-order valence-corrected chi connectivity index (χ3v) is 7.65. The molecule has 0 saturated carbocycles. The Morgan fingerprint density at radius 1 is 0.913 bits per heavy atom. The van der Waals surface area contributed by atoms with Crippen molar-refractivity contribution < 1.29 is 43.3 Å². The van der Waals surface area contributed by atoms with Crippen molar-refractivity contribution in [1.29, 1.82) is 0 Å². The molecule has 1 aromatic carbocycles. The van der Waals surface area contributed by atoms with E-state index < -0.39 is 36.0 Å². The molecule has 0 unspecified atom stereocenters. The molecule has 2 aliphatic heterocycles. The Bertz CT molecular complexity index is 1360. The number of hydrogen-bond donors (Lipinski definition) is 2. The molecule has 0 bridgehead atoms. The van der Waals surface area contributed by atoms with Crippen LogP contribution in [0.3, 0.4) is 0 Å². The average molecular weight is 640 g/mol. The van der Waals surface area contributed by atoms with Gasteiger partial charge >= 0.3 is 18.2 Å². The number of pyridine rings is 1. The van der Waals surface area contributed by atoms with E-state index in [1.165, 1.54) is 20.8 Å². The largest absolute Gasteiger partial charge is 0.481 e. The molecule has 248 valence electrons. The average Bonchev–Trinajstić information content (AvgIpc) is 3.08. The first-order chi connectivity index (χ1) is 22.2. The number of aliphatic carboxylic acids is 1. The highest BCUT2D eigenvalue weighted by molar-refractivity contribution is 5.97. The minimum atomic E-state index is -1.17. The van der Waals surface area contributed by atoms with E-state index in [1.54, 1.807) is 30.3 Å². The summed E-state index contributed by atoms with van der Waals surface area (Å²) in [6, 6.07) is 10.7. The number of carboxylic acid groups (broad SMARTS) is 1. The zero-order valence-corrected chi connectivity index (χ0v) is 26.0. The first kappa shape index (κ1) is 34.2. The Labute approximate surface area is 267 Å². The Balaban J connectivity index is 1.47. The quantitative estimate of drug-likeness (QED) is 0.330. The number of unbranched alkanes of at least 4 members (excludes halogenated alkanes) is 2. The normalized spacial score (nSPS) is 15.5. The van der Waals surface area contributed by atoms with Crippen LogP contribution in [0.15, 0.2) is 42.5 Å². The molecule has 0 spiro atoms. The van der Waals surface area contributed by atoms with Crippen molar-refractivity contribution in [2.24, 2.45) is 0 Å². The Hall–Kier alpha value is -4.72. The fourth-order valence-corrected chi connectivity index (χ4v) is 5.04. The van der Waals surface area contributed by atoms with Gasteiger partial charge in [0.05, 0.1) is 25.5 Å². The maximum Gasteiger partial charge on any atom is 0.415 e. The second kappa shape index (κ2) is 17.1. The first-order valence-corrected chi connectivity index (χ1v) is 15.6. The first-order valence-electron chi connectivity index (χ1n) is 15.6. The van der Waals surface area contributed by atoms with Gasteiger partial charge in [0.1, 0.15) is 17.5 Å². The van der Waals surface area contributed by atoms with Crippen LogP contribution in [0, 0.1) is 0 Å². The van der Waals surface area contributed by atoms with Gasteiger partial charge in [0.15, 0.2) is 0 Å². The molecule has 1 atom stereocenters. The minimum absolute atomic E-state index is 0.0848. The molecule has 2 fully saturated rings. The van der Waals surface area contributed by atoms with E-state index in [2.05, 4.69) is 17.2 Å². The van der Waals surface area contributed by atoms with Gasteiger partial charge in [-0.25, -0.2) is 14.6 Å². The number of nitrogens with zero attached hydrogens (tertiary/aromatic N) is 4. The summed E-state index contributed by atoms with van der Waals surface area (Å²) in [7, 11) is 0. The topological polar surface area (TPSA) is 168 Å². The Morgan fingerprint density at radius 2 is 1.59 bits per heavy atom. The zero-order valence-electron chi connectivity index (χ0n) is 26.0. The van der Waals surface area contributed by atoms with Crippen LogP contribution in [0.2, 0.25) is 0 Å². The molecule has 2 aliphatic rings. The molecule has 2 saturated heterocycles. The minimum Gasteiger partial charge on any atom is -0.481 e. The highest BCUT2D eigenvalue weighted by Gasteiger charge is 2.31. The maximum atomic E-state index is 13.6. The van der Waals surface area contributed by atoms with E-state index in [4.69, 9.17) is 14.2 Å². The molecular weight excluding hydrogens is 598 g/mol. The van der Waals surface area contributed by atoms with E-state index in [0.29, 0.717) is 44.2 Å². The summed E-state index contributed by atoms with van der Waals surface area (Å²) >= 11 is 0. The lowest BCUT2D eigenvalue weighted by Crippen LogP contribution is -2.56. The van der Waals surface area contributed by atoms with Crippen molar-refractivity contribution in [1.82, 2.24) is 25.0 Å². The van der Waals surface area contributed by atoms with Gasteiger partial charge in [-0.15, -0.1) is 0 Å². The van der Waals surface area contributed by atoms with Crippen molar-refractivity contribution in [3.05, 3.63) is 48.2 Å². The number of piperazine rings is 1. The fourth-order valence-electron chi connectivity index (χ4n) is 5.04. The van der Waals surface area contributed by atoms with Gasteiger partial charge in [-0.05, 0) is 12.8 Å². The van der Waals surface area contributed by atoms with Crippen molar-refractivity contribution in [3.63, 3.8) is 0 Å². The number of morpholine rings is 1. The summed E-state index contributed by atoms with van der Waals surface area (Å²) in [5, 5.41) is 12.0. The van der Waals surface area contributed by atoms with E-state index in [0.717, 1.165) is 19.3 Å². The van der Waals surface area contributed by atoms with Gasteiger partial charge in [0.2, 0.25) is 5.91 Å². The van der Waals surface area contributed by atoms with Gasteiger partial charge in [0, 0.05) is 63.4 Å². The van der Waals surface area contributed by atoms with Crippen molar-refractivity contribution in [2.45, 2.75) is 45.1 Å². The lowest BCUT2D eigenvalue weighted by Gasteiger charge is -2.36. The highest BCUT2D eigenvalue weighted by atomic mass is 16.6. The summed E-state index contributed by atoms with van der Waals surface area (Å²) in [6.45, 7) is 4.79. The van der Waals surface area contributed by atoms with Crippen LogP contribution in [0.1, 0.15) is 49.5 Å². The molecule has 0 aliphatic carbocycles. The monoisotopic (exact) mass is 639 g/mol. The molecule has 3 heterocycles. The predicted molar refractivity (Wildman–Crippen MR) is 165 cm³/mol. The number of carbonyl (C=O) groups is 5. The molecule has 2 aromatic rings. The van der Waals surface area contributed by atoms with Crippen LogP contribution in [0.4, 0.5) is 9.59 Å². The highest BCUT2D eigenvalue weighted by Crippen LogP contribution is 2.24. The summed E-state index contributed by atoms with van der Waals surface area (Å²) in [4.78, 5) is 72.7. The van der Waals surface area contributed by atoms with Crippen LogP contribution in [0.25, 0.3) is 11.3 Å². The lowest BCUT2D eigenvalue weighted by atomic mass is 10.1. The molecule has 4 amide bonds. The molecular formula is C32H41N5O9. The van der Waals surface area contributed by atoms with Crippen LogP contribution in [-0.4, -0.2) is 120 Å². The Morgan fingerprint density at radius 3 is 2.26 bits per heavy atom. The summed E-state index contributed by atoms with van der Waals surface area (Å²) in [5.74, 6) is -2.24. The van der Waals surface area contributed by atoms with Crippen LogP contribution in [-0.2, 0) is 19.1 Å². The smallest absolute Gasteiger partial charge is 0.415 e. The number of carbonyl (C=O) groups excluding carboxylic acids is 4. The number of carboxylic acids is 1. The van der Waals surface area contributed by atoms with E-state index >= 15 is 0 Å². The maximum absolute atomic E-state index is 13.6. The molecule has 2 N–H and O–H groups in total. The second-order valence-corrected chi connectivity index (χ2v) is 11.0. The molecule has 1 aromatic heterocycles. The zero-order chi connectivity index (χ0) is 32.9. The van der Waals surface area contributed by atoms with Crippen molar-refractivity contribution in [3.8, 4) is 17.0 Å². The van der Waals surface area contributed by atoms with Crippen LogP contribution in [0.5, 0.6) is 5.75 Å². The van der Waals surface area contributed by atoms with Gasteiger partial charge in [0.25, 0.3) is 5.91 Å². The van der Waals surface area contributed by atoms with Crippen molar-refractivity contribution in [2.75, 3.05) is 59.1 Å². The molecule has 14 nitrogen and oxygen atoms in total. The van der Waals surface area contributed by atoms with E-state index in [9.17, 15) is 29.1 Å². The van der Waals surface area contributed by atoms with Crippen LogP contribution >= 0.6 is 0 Å². The molecule has 4 rings (SSSR count). The number of benzene rings is 1. The molecule has 46 heavy (non-hydrogen) atoms. The predicted octanol–water partition coefficient (Wildman–Crippen LogP) is 3.01. The fraction of sp³-hybridized carbons (Fsp3) is 0.500. The van der Waals surface area contributed by atoms with Gasteiger partial charge < -0.3 is 39.3 Å². The van der Waals surface area contributed by atoms with Gasteiger partial charge in [-0.1, -0.05) is 50.1 Å². The lowest BCUT2D eigenvalue weighted by molar-refractivity contribution is -0.138. The van der Waals surface area contributed by atoms with Crippen molar-refractivity contribution >= 4 is 30.0 Å². The molecule has 14 heteroatoms. The number of rotatable bonds is 12. The number of amides is 4. The summed E-state index contributed by atoms with van der Waals surface area (Å²) in [6.07, 6.45) is 1.21. The SMILES string of the molecule is CCCCCOC(=O)N1CCN(C(=O)[C@H](CCC(=O)O)NC(=O)c2cc(OC(=O)N3CCOCC3)cc(-c3ccccc3)n2)CC1. The Kier molecular flexibility index (Phi) is 12.7. The van der Waals surface area contributed by atoms with Gasteiger partial charge in [-0.3, -0.25) is 14.4 Å². The third kappa shape index (κ3) is 9.89. The number of hydrogen-bond acceptors (Lipinski definition) is 9. The number of aromatic nitrogens is 1. The third-order valence-electron chi connectivity index (χ3n) is 7.65. The summed E-state index contributed by atoms with van der Waals surface area (Å²) < 4.78 is 16.2. The summed E-state index contributed by atoms with van der Waals surface area (Å²) in [5.41, 5.74) is 0.917. The molecule has 0 radical (unpaired) electrons. The van der Waals surface area contributed by atoms with E-state index in [1.807, 2.05) is 6.07 Å². The van der Waals surface area contributed by atoms with Gasteiger partial charge in [-0.2, -0.15) is 0 Å². The standard InChI is InChI=1S/C32H41N5O9/c1-2-3-7-18-45-31(42)36-14-12-35(13-15-36)30(41)25(10-11-28(38)39)34-29(40)27-22-24(46-32(43)37-16-19-44-20-17-37)21-26(33-27)23-8-5-4-6-9-23/h4-6,8-9,21-22,25H,2-3,7,10-20H2,1H3,(H,34,40)(H,38,39)/t25-/m0/s1.